The van der Waals surface area contributed by atoms with Crippen LogP contribution in [-0.2, 0) is 5.41 Å². The molecule has 4 heteroatoms. The molecule has 54 heavy (non-hydrogen) atoms. The normalized spacial score (nSPS) is 13.1. The molecule has 4 nitrogen and oxygen atoms in total. The SMILES string of the molecule is CC1(C)c2ccccc2-c2ccc(N(c3ccc(-c4ccc5ccccc5c4)cc3)c3ccc4oc5cc6nc(-c7ccccc7)oc6cc5c4c3)cc21. The third kappa shape index (κ3) is 4.73. The van der Waals surface area contributed by atoms with Crippen LogP contribution in [0.1, 0.15) is 25.0 Å². The zero-order valence-corrected chi connectivity index (χ0v) is 29.9. The largest absolute Gasteiger partial charge is 0.456 e. The second-order valence-electron chi connectivity index (χ2n) is 14.8. The second-order valence-corrected chi connectivity index (χ2v) is 14.8. The highest BCUT2D eigenvalue weighted by Crippen LogP contribution is 2.51. The third-order valence-electron chi connectivity index (χ3n) is 11.3. The van der Waals surface area contributed by atoms with Crippen molar-refractivity contribution in [1.82, 2.24) is 4.98 Å². The molecule has 0 fully saturated rings. The van der Waals surface area contributed by atoms with E-state index in [4.69, 9.17) is 13.8 Å². The molecule has 1 aliphatic rings. The Morgan fingerprint density at radius 1 is 0.444 bits per heavy atom. The van der Waals surface area contributed by atoms with Gasteiger partial charge in [-0.3, -0.25) is 0 Å². The Morgan fingerprint density at radius 3 is 2.00 bits per heavy atom. The lowest BCUT2D eigenvalue weighted by molar-refractivity contribution is 0.620. The van der Waals surface area contributed by atoms with E-state index in [1.807, 2.05) is 36.4 Å². The van der Waals surface area contributed by atoms with Crippen LogP contribution < -0.4 is 4.90 Å². The molecule has 0 N–H and O–H groups in total. The molecule has 0 radical (unpaired) electrons. The van der Waals surface area contributed by atoms with Gasteiger partial charge in [0.1, 0.15) is 16.7 Å². The number of hydrogen-bond acceptors (Lipinski definition) is 4. The minimum absolute atomic E-state index is 0.126. The van der Waals surface area contributed by atoms with Gasteiger partial charge < -0.3 is 13.7 Å². The summed E-state index contributed by atoms with van der Waals surface area (Å²) in [5.74, 6) is 0.600. The summed E-state index contributed by atoms with van der Waals surface area (Å²) in [7, 11) is 0. The lowest BCUT2D eigenvalue weighted by Crippen LogP contribution is -2.16. The Hall–Kier alpha value is -6.91. The fraction of sp³-hybridized carbons (Fsp3) is 0.0600. The van der Waals surface area contributed by atoms with E-state index in [2.05, 4.69) is 152 Å². The minimum Gasteiger partial charge on any atom is -0.456 e. The Labute approximate surface area is 312 Å². The molecule has 0 unspecified atom stereocenters. The number of aromatic nitrogens is 1. The fourth-order valence-corrected chi connectivity index (χ4v) is 8.48. The molecule has 10 aromatic rings. The summed E-state index contributed by atoms with van der Waals surface area (Å²) in [6.45, 7) is 4.67. The maximum Gasteiger partial charge on any atom is 0.227 e. The first-order chi connectivity index (χ1) is 26.5. The minimum atomic E-state index is -0.126. The monoisotopic (exact) mass is 694 g/mol. The summed E-state index contributed by atoms with van der Waals surface area (Å²) < 4.78 is 12.7. The predicted octanol–water partition coefficient (Wildman–Crippen LogP) is 14.0. The first kappa shape index (κ1) is 30.7. The molecular weight excluding hydrogens is 661 g/mol. The van der Waals surface area contributed by atoms with Crippen molar-refractivity contribution in [2.24, 2.45) is 0 Å². The molecule has 11 rings (SSSR count). The number of benzene rings is 8. The second kappa shape index (κ2) is 11.5. The van der Waals surface area contributed by atoms with Crippen LogP contribution in [0, 0.1) is 0 Å². The molecule has 8 aromatic carbocycles. The topological polar surface area (TPSA) is 42.4 Å². The molecule has 0 bridgehead atoms. The molecule has 0 aliphatic heterocycles. The van der Waals surface area contributed by atoms with Crippen molar-refractivity contribution >= 4 is 60.9 Å². The number of furan rings is 1. The number of oxazole rings is 1. The molecular formula is C50H34N2O2. The van der Waals surface area contributed by atoms with E-state index in [1.54, 1.807) is 0 Å². The summed E-state index contributed by atoms with van der Waals surface area (Å²) >= 11 is 0. The van der Waals surface area contributed by atoms with Crippen molar-refractivity contribution in [1.29, 1.82) is 0 Å². The number of rotatable bonds is 5. The molecule has 1 aliphatic carbocycles. The summed E-state index contributed by atoms with van der Waals surface area (Å²) in [4.78, 5) is 7.16. The van der Waals surface area contributed by atoms with Crippen LogP contribution in [0.15, 0.2) is 179 Å². The highest BCUT2D eigenvalue weighted by molar-refractivity contribution is 6.10. The van der Waals surface area contributed by atoms with E-state index in [1.165, 1.54) is 44.2 Å². The van der Waals surface area contributed by atoms with Gasteiger partial charge in [-0.25, -0.2) is 4.98 Å². The molecule has 0 atom stereocenters. The van der Waals surface area contributed by atoms with Crippen LogP contribution in [0.2, 0.25) is 0 Å². The lowest BCUT2D eigenvalue weighted by atomic mass is 9.82. The zero-order chi connectivity index (χ0) is 36.0. The van der Waals surface area contributed by atoms with Crippen molar-refractivity contribution < 1.29 is 8.83 Å². The van der Waals surface area contributed by atoms with Crippen LogP contribution in [0.3, 0.4) is 0 Å². The fourth-order valence-electron chi connectivity index (χ4n) is 8.48. The summed E-state index contributed by atoms with van der Waals surface area (Å²) in [6.07, 6.45) is 0. The number of hydrogen-bond donors (Lipinski definition) is 0. The maximum absolute atomic E-state index is 6.44. The number of nitrogens with zero attached hydrogens (tertiary/aromatic N) is 2. The summed E-state index contributed by atoms with van der Waals surface area (Å²) in [5, 5.41) is 4.50. The maximum atomic E-state index is 6.44. The van der Waals surface area contributed by atoms with Crippen LogP contribution >= 0.6 is 0 Å². The number of anilines is 3. The van der Waals surface area contributed by atoms with Crippen molar-refractivity contribution in [3.63, 3.8) is 0 Å². The van der Waals surface area contributed by atoms with Gasteiger partial charge in [-0.2, -0.15) is 0 Å². The van der Waals surface area contributed by atoms with Crippen molar-refractivity contribution in [3.05, 3.63) is 181 Å². The standard InChI is InChI=1S/C50H34N2O2/c1-50(2)43-15-9-8-14-39(43)40-24-22-38(28-44(40)50)52(36-20-18-32(19-21-36)35-17-16-31-10-6-7-13-34(31)26-35)37-23-25-46-41(27-37)42-29-48-45(30-47(42)53-46)51-49(54-48)33-11-4-3-5-12-33/h3-30H,1-2H3. The molecule has 0 saturated heterocycles. The van der Waals surface area contributed by atoms with E-state index in [9.17, 15) is 0 Å². The van der Waals surface area contributed by atoms with Gasteiger partial charge in [0.2, 0.25) is 5.89 Å². The van der Waals surface area contributed by atoms with E-state index < -0.39 is 0 Å². The Bertz CT molecular complexity index is 3080. The average molecular weight is 695 g/mol. The van der Waals surface area contributed by atoms with Crippen molar-refractivity contribution in [3.8, 4) is 33.7 Å². The van der Waals surface area contributed by atoms with Crippen molar-refractivity contribution in [2.45, 2.75) is 19.3 Å². The number of fused-ring (bicyclic) bond motifs is 8. The van der Waals surface area contributed by atoms with E-state index in [0.717, 1.165) is 55.7 Å². The van der Waals surface area contributed by atoms with Gasteiger partial charge in [0.05, 0.1) is 0 Å². The van der Waals surface area contributed by atoms with Gasteiger partial charge in [-0.1, -0.05) is 111 Å². The molecule has 2 aromatic heterocycles. The molecule has 0 saturated carbocycles. The Balaban J connectivity index is 1.06. The van der Waals surface area contributed by atoms with Gasteiger partial charge in [-0.15, -0.1) is 0 Å². The van der Waals surface area contributed by atoms with E-state index >= 15 is 0 Å². The van der Waals surface area contributed by atoms with Crippen LogP contribution in [0.4, 0.5) is 17.1 Å². The quantitative estimate of drug-likeness (QED) is 0.180. The molecule has 0 amide bonds. The summed E-state index contributed by atoms with van der Waals surface area (Å²) in [5.41, 5.74) is 14.8. The highest BCUT2D eigenvalue weighted by atomic mass is 16.4. The molecule has 256 valence electrons. The van der Waals surface area contributed by atoms with Gasteiger partial charge >= 0.3 is 0 Å². The van der Waals surface area contributed by atoms with Gasteiger partial charge in [0.25, 0.3) is 0 Å². The van der Waals surface area contributed by atoms with Gasteiger partial charge in [-0.05, 0) is 111 Å². The van der Waals surface area contributed by atoms with Crippen LogP contribution in [-0.4, -0.2) is 4.98 Å². The first-order valence-electron chi connectivity index (χ1n) is 18.4. The Morgan fingerprint density at radius 2 is 1.13 bits per heavy atom. The Kier molecular flexibility index (Phi) is 6.56. The predicted molar refractivity (Wildman–Crippen MR) is 222 cm³/mol. The van der Waals surface area contributed by atoms with Crippen molar-refractivity contribution in [2.75, 3.05) is 4.90 Å². The highest BCUT2D eigenvalue weighted by Gasteiger charge is 2.35. The smallest absolute Gasteiger partial charge is 0.227 e. The van der Waals surface area contributed by atoms with Gasteiger partial charge in [0.15, 0.2) is 5.58 Å². The molecule has 2 heterocycles. The third-order valence-corrected chi connectivity index (χ3v) is 11.3. The van der Waals surface area contributed by atoms with Crippen LogP contribution in [0.25, 0.3) is 77.5 Å². The average Bonchev–Trinajstić information content (AvgIpc) is 3.87. The van der Waals surface area contributed by atoms with Gasteiger partial charge in [0, 0.05) is 44.9 Å². The van der Waals surface area contributed by atoms with Crippen LogP contribution in [0.5, 0.6) is 0 Å². The first-order valence-corrected chi connectivity index (χ1v) is 18.4. The lowest BCUT2D eigenvalue weighted by Gasteiger charge is -2.28. The van der Waals surface area contributed by atoms with E-state index in [-0.39, 0.29) is 5.41 Å². The summed E-state index contributed by atoms with van der Waals surface area (Å²) in [6, 6.07) is 60.4. The van der Waals surface area contributed by atoms with E-state index in [0.29, 0.717) is 5.89 Å². The zero-order valence-electron chi connectivity index (χ0n) is 29.9. The molecule has 0 spiro atoms.